The second kappa shape index (κ2) is 6.88. The van der Waals surface area contributed by atoms with Crippen molar-refractivity contribution in [2.45, 2.75) is 61.7 Å². The molecule has 132 valence electrons. The van der Waals surface area contributed by atoms with E-state index in [4.69, 9.17) is 4.74 Å². The van der Waals surface area contributed by atoms with Crippen molar-refractivity contribution >= 4 is 21.5 Å². The molecular formula is C16H21NO6S. The van der Waals surface area contributed by atoms with Crippen LogP contribution in [-0.2, 0) is 19.4 Å². The highest BCUT2D eigenvalue weighted by Crippen LogP contribution is 2.40. The van der Waals surface area contributed by atoms with Crippen molar-refractivity contribution in [3.8, 4) is 0 Å². The van der Waals surface area contributed by atoms with Crippen LogP contribution in [0.2, 0.25) is 0 Å². The number of nitro benzene ring substituents is 1. The molecule has 1 saturated carbocycles. The SMILES string of the molecule is CC(C)OC(=O)C1(S(=O)(=O)c2ccc([N+](=O)[O-])cc2)CCCCC1. The molecule has 0 amide bonds. The van der Waals surface area contributed by atoms with Crippen LogP contribution in [0.15, 0.2) is 29.2 Å². The predicted molar refractivity (Wildman–Crippen MR) is 87.3 cm³/mol. The van der Waals surface area contributed by atoms with Gasteiger partial charge >= 0.3 is 5.97 Å². The van der Waals surface area contributed by atoms with Crippen LogP contribution in [0.3, 0.4) is 0 Å². The summed E-state index contributed by atoms with van der Waals surface area (Å²) in [7, 11) is -4.01. The van der Waals surface area contributed by atoms with Crippen molar-refractivity contribution < 1.29 is 22.9 Å². The minimum atomic E-state index is -4.01. The second-order valence-electron chi connectivity index (χ2n) is 6.26. The third-order valence-corrected chi connectivity index (χ3v) is 6.74. The first-order valence-electron chi connectivity index (χ1n) is 7.91. The number of nitro groups is 1. The van der Waals surface area contributed by atoms with Crippen LogP contribution < -0.4 is 0 Å². The summed E-state index contributed by atoms with van der Waals surface area (Å²) >= 11 is 0. The molecule has 0 aromatic heterocycles. The molecule has 1 aliphatic carbocycles. The average Bonchev–Trinajstić information content (AvgIpc) is 2.54. The highest BCUT2D eigenvalue weighted by atomic mass is 32.2. The van der Waals surface area contributed by atoms with E-state index in [0.29, 0.717) is 12.8 Å². The summed E-state index contributed by atoms with van der Waals surface area (Å²) < 4.78 is 29.9. The lowest BCUT2D eigenvalue weighted by Gasteiger charge is -2.34. The van der Waals surface area contributed by atoms with E-state index < -0.39 is 31.6 Å². The van der Waals surface area contributed by atoms with Crippen molar-refractivity contribution in [2.24, 2.45) is 0 Å². The predicted octanol–water partition coefficient (Wildman–Crippen LogP) is 3.02. The van der Waals surface area contributed by atoms with Crippen LogP contribution in [0.1, 0.15) is 46.0 Å². The smallest absolute Gasteiger partial charge is 0.328 e. The van der Waals surface area contributed by atoms with Crippen molar-refractivity contribution in [3.63, 3.8) is 0 Å². The molecule has 7 nitrogen and oxygen atoms in total. The number of esters is 1. The normalized spacial score (nSPS) is 17.5. The number of rotatable bonds is 5. The molecule has 0 bridgehead atoms. The minimum absolute atomic E-state index is 0.0873. The Kier molecular flexibility index (Phi) is 5.27. The van der Waals surface area contributed by atoms with Crippen molar-refractivity contribution in [2.75, 3.05) is 0 Å². The monoisotopic (exact) mass is 355 g/mol. The van der Waals surface area contributed by atoms with Crippen LogP contribution >= 0.6 is 0 Å². The first kappa shape index (κ1) is 18.4. The first-order chi connectivity index (χ1) is 11.2. The van der Waals surface area contributed by atoms with Crippen LogP contribution in [0, 0.1) is 10.1 Å². The van der Waals surface area contributed by atoms with Gasteiger partial charge in [0.2, 0.25) is 0 Å². The number of carbonyl (C=O) groups is 1. The van der Waals surface area contributed by atoms with E-state index in [1.807, 2.05) is 0 Å². The van der Waals surface area contributed by atoms with Crippen LogP contribution in [-0.4, -0.2) is 30.2 Å². The fraction of sp³-hybridized carbons (Fsp3) is 0.562. The number of benzene rings is 1. The molecule has 0 N–H and O–H groups in total. The molecule has 0 spiro atoms. The first-order valence-corrected chi connectivity index (χ1v) is 9.39. The van der Waals surface area contributed by atoms with E-state index in [9.17, 15) is 23.3 Å². The molecule has 8 heteroatoms. The van der Waals surface area contributed by atoms with E-state index in [0.717, 1.165) is 18.6 Å². The van der Waals surface area contributed by atoms with Gasteiger partial charge in [-0.1, -0.05) is 19.3 Å². The lowest BCUT2D eigenvalue weighted by molar-refractivity contribution is -0.384. The molecular weight excluding hydrogens is 334 g/mol. The van der Waals surface area contributed by atoms with Gasteiger partial charge in [-0.25, -0.2) is 8.42 Å². The third kappa shape index (κ3) is 3.28. The minimum Gasteiger partial charge on any atom is -0.462 e. The zero-order valence-electron chi connectivity index (χ0n) is 13.7. The number of sulfone groups is 1. The molecule has 1 aromatic carbocycles. The maximum Gasteiger partial charge on any atom is 0.328 e. The van der Waals surface area contributed by atoms with Gasteiger partial charge in [0.1, 0.15) is 0 Å². The molecule has 1 aromatic rings. The molecule has 0 radical (unpaired) electrons. The molecule has 0 aliphatic heterocycles. The van der Waals surface area contributed by atoms with Crippen molar-refractivity contribution in [3.05, 3.63) is 34.4 Å². The fourth-order valence-electron chi connectivity index (χ4n) is 3.00. The Labute approximate surface area is 141 Å². The summed E-state index contributed by atoms with van der Waals surface area (Å²) in [6.45, 7) is 3.35. The van der Waals surface area contributed by atoms with E-state index in [1.165, 1.54) is 12.1 Å². The van der Waals surface area contributed by atoms with E-state index in [1.54, 1.807) is 13.8 Å². The maximum absolute atomic E-state index is 13.1. The van der Waals surface area contributed by atoms with Crippen molar-refractivity contribution in [1.82, 2.24) is 0 Å². The Hall–Kier alpha value is -1.96. The molecule has 2 rings (SSSR count). The molecule has 24 heavy (non-hydrogen) atoms. The molecule has 1 fully saturated rings. The van der Waals surface area contributed by atoms with Crippen LogP contribution in [0.4, 0.5) is 5.69 Å². The number of nitrogens with zero attached hydrogens (tertiary/aromatic N) is 1. The second-order valence-corrected chi connectivity index (χ2v) is 8.52. The fourth-order valence-corrected chi connectivity index (χ4v) is 5.04. The Morgan fingerprint density at radius 2 is 1.71 bits per heavy atom. The average molecular weight is 355 g/mol. The molecule has 0 heterocycles. The van der Waals surface area contributed by atoms with Gasteiger partial charge in [0.25, 0.3) is 5.69 Å². The van der Waals surface area contributed by atoms with Crippen molar-refractivity contribution in [1.29, 1.82) is 0 Å². The van der Waals surface area contributed by atoms with Gasteiger partial charge in [-0.2, -0.15) is 0 Å². The highest BCUT2D eigenvalue weighted by Gasteiger charge is 2.53. The number of ether oxygens (including phenoxy) is 1. The summed E-state index contributed by atoms with van der Waals surface area (Å²) in [5.74, 6) is -0.726. The Balaban J connectivity index is 2.47. The lowest BCUT2D eigenvalue weighted by atomic mass is 9.88. The number of hydrogen-bond acceptors (Lipinski definition) is 6. The third-order valence-electron chi connectivity index (χ3n) is 4.25. The number of non-ortho nitro benzene ring substituents is 1. The van der Waals surface area contributed by atoms with Gasteiger partial charge in [-0.3, -0.25) is 14.9 Å². The summed E-state index contributed by atoms with van der Waals surface area (Å²) in [5.41, 5.74) is -0.198. The van der Waals surface area contributed by atoms with Crippen LogP contribution in [0.5, 0.6) is 0 Å². The summed E-state index contributed by atoms with van der Waals surface area (Å²) in [5, 5.41) is 10.7. The van der Waals surface area contributed by atoms with E-state index >= 15 is 0 Å². The van der Waals surface area contributed by atoms with Gasteiger partial charge in [-0.05, 0) is 38.8 Å². The van der Waals surface area contributed by atoms with Gasteiger partial charge in [0.15, 0.2) is 14.6 Å². The summed E-state index contributed by atoms with van der Waals surface area (Å²) in [4.78, 5) is 22.7. The molecule has 0 unspecified atom stereocenters. The van der Waals surface area contributed by atoms with E-state index in [2.05, 4.69) is 0 Å². The van der Waals surface area contributed by atoms with Gasteiger partial charge in [0, 0.05) is 12.1 Å². The highest BCUT2D eigenvalue weighted by molar-refractivity contribution is 7.93. The molecule has 0 atom stereocenters. The largest absolute Gasteiger partial charge is 0.462 e. The number of hydrogen-bond donors (Lipinski definition) is 0. The molecule has 1 aliphatic rings. The van der Waals surface area contributed by atoms with Gasteiger partial charge in [-0.15, -0.1) is 0 Å². The van der Waals surface area contributed by atoms with Gasteiger partial charge < -0.3 is 4.74 Å². The topological polar surface area (TPSA) is 104 Å². The quantitative estimate of drug-likeness (QED) is 0.457. The summed E-state index contributed by atoms with van der Waals surface area (Å²) in [6, 6.07) is 4.65. The van der Waals surface area contributed by atoms with Gasteiger partial charge in [0.05, 0.1) is 15.9 Å². The standard InChI is InChI=1S/C16H21NO6S/c1-12(2)23-15(18)16(10-4-3-5-11-16)24(21,22)14-8-6-13(7-9-14)17(19)20/h6-9,12H,3-5,10-11H2,1-2H3. The zero-order valence-corrected chi connectivity index (χ0v) is 14.5. The van der Waals surface area contributed by atoms with Crippen LogP contribution in [0.25, 0.3) is 0 Å². The maximum atomic E-state index is 13.1. The summed E-state index contributed by atoms with van der Waals surface area (Å²) in [6.07, 6.45) is 2.12. The Morgan fingerprint density at radius 3 is 2.17 bits per heavy atom. The molecule has 0 saturated heterocycles. The lowest BCUT2D eigenvalue weighted by Crippen LogP contribution is -2.49. The Morgan fingerprint density at radius 1 is 1.17 bits per heavy atom. The van der Waals surface area contributed by atoms with E-state index in [-0.39, 0.29) is 23.4 Å². The zero-order chi connectivity index (χ0) is 18.0. The Bertz CT molecular complexity index is 717. The number of carbonyl (C=O) groups excluding carboxylic acids is 1.